The zero-order chi connectivity index (χ0) is 23.7. The van der Waals surface area contributed by atoms with Crippen molar-refractivity contribution in [3.05, 3.63) is 82.8 Å². The molecule has 1 aliphatic rings. The number of nitrogens with zero attached hydrogens (tertiary/aromatic N) is 2. The van der Waals surface area contributed by atoms with Gasteiger partial charge in [0.1, 0.15) is 34.8 Å². The average molecular weight is 444 g/mol. The van der Waals surface area contributed by atoms with Crippen molar-refractivity contribution in [2.45, 2.75) is 13.0 Å². The molecule has 0 aliphatic carbocycles. The summed E-state index contributed by atoms with van der Waals surface area (Å²) in [6.45, 7) is 1.74. The lowest BCUT2D eigenvalue weighted by molar-refractivity contribution is -0.132. The Bertz CT molecular complexity index is 1310. The number of hydrogen-bond donors (Lipinski definition) is 1. The summed E-state index contributed by atoms with van der Waals surface area (Å²) in [5, 5.41) is 20.3. The quantitative estimate of drug-likeness (QED) is 0.358. The molecule has 166 valence electrons. The fourth-order valence-electron chi connectivity index (χ4n) is 3.80. The summed E-state index contributed by atoms with van der Waals surface area (Å²) in [5.74, 6) is -0.433. The number of rotatable bonds is 5. The Hall–Kier alpha value is -4.51. The van der Waals surface area contributed by atoms with Gasteiger partial charge in [-0.05, 0) is 55.5 Å². The van der Waals surface area contributed by atoms with Crippen LogP contribution in [0, 0.1) is 18.3 Å². The number of nitriles is 1. The van der Waals surface area contributed by atoms with Crippen LogP contribution in [0.2, 0.25) is 0 Å². The average Bonchev–Trinajstić information content (AvgIpc) is 3.38. The SMILES string of the molecule is COc1ccc(/C(O)=C2/C(=O)C(=O)N(c3ccc(C#N)cc3)C2c2ccc(C)o2)c(OC)c1. The number of benzene rings is 2. The van der Waals surface area contributed by atoms with E-state index in [-0.39, 0.29) is 16.9 Å². The van der Waals surface area contributed by atoms with Gasteiger partial charge in [-0.3, -0.25) is 14.5 Å². The van der Waals surface area contributed by atoms with Crippen molar-refractivity contribution in [3.63, 3.8) is 0 Å². The molecule has 0 bridgehead atoms. The van der Waals surface area contributed by atoms with Gasteiger partial charge in [-0.25, -0.2) is 0 Å². The summed E-state index contributed by atoms with van der Waals surface area (Å²) in [6, 6.07) is 15.3. The summed E-state index contributed by atoms with van der Waals surface area (Å²) in [5.41, 5.74) is 0.881. The summed E-state index contributed by atoms with van der Waals surface area (Å²) >= 11 is 0. The molecule has 0 spiro atoms. The van der Waals surface area contributed by atoms with Crippen LogP contribution in [-0.2, 0) is 9.59 Å². The van der Waals surface area contributed by atoms with Gasteiger partial charge in [0.05, 0.1) is 37.0 Å². The summed E-state index contributed by atoms with van der Waals surface area (Å²) in [6.07, 6.45) is 0. The van der Waals surface area contributed by atoms with Crippen LogP contribution >= 0.6 is 0 Å². The number of aliphatic hydroxyl groups is 1. The molecule has 1 aliphatic heterocycles. The second-order valence-electron chi connectivity index (χ2n) is 7.34. The van der Waals surface area contributed by atoms with E-state index >= 15 is 0 Å². The number of carbonyl (C=O) groups excluding carboxylic acids is 2. The maximum atomic E-state index is 13.2. The van der Waals surface area contributed by atoms with Crippen LogP contribution in [0.3, 0.4) is 0 Å². The van der Waals surface area contributed by atoms with Crippen LogP contribution in [0.25, 0.3) is 5.76 Å². The lowest BCUT2D eigenvalue weighted by Gasteiger charge is -2.23. The molecule has 8 nitrogen and oxygen atoms in total. The second-order valence-corrected chi connectivity index (χ2v) is 7.34. The van der Waals surface area contributed by atoms with Crippen molar-refractivity contribution in [3.8, 4) is 17.6 Å². The van der Waals surface area contributed by atoms with E-state index in [1.54, 1.807) is 61.5 Å². The third kappa shape index (κ3) is 3.70. The molecule has 1 unspecified atom stereocenters. The molecule has 1 aromatic heterocycles. The van der Waals surface area contributed by atoms with Gasteiger partial charge in [0.25, 0.3) is 11.7 Å². The third-order valence-corrected chi connectivity index (χ3v) is 5.41. The molecule has 4 rings (SSSR count). The first-order chi connectivity index (χ1) is 15.9. The molecule has 1 fully saturated rings. The highest BCUT2D eigenvalue weighted by molar-refractivity contribution is 6.51. The molecule has 2 heterocycles. The van der Waals surface area contributed by atoms with Gasteiger partial charge in [-0.2, -0.15) is 5.26 Å². The van der Waals surface area contributed by atoms with Crippen molar-refractivity contribution >= 4 is 23.1 Å². The van der Waals surface area contributed by atoms with Crippen molar-refractivity contribution < 1.29 is 28.6 Å². The molecule has 2 aromatic carbocycles. The van der Waals surface area contributed by atoms with Crippen LogP contribution < -0.4 is 14.4 Å². The van der Waals surface area contributed by atoms with Gasteiger partial charge >= 0.3 is 0 Å². The first-order valence-electron chi connectivity index (χ1n) is 9.99. The monoisotopic (exact) mass is 444 g/mol. The van der Waals surface area contributed by atoms with E-state index < -0.39 is 23.5 Å². The number of anilines is 1. The molecule has 8 heteroatoms. The Morgan fingerprint density at radius 2 is 1.79 bits per heavy atom. The molecule has 33 heavy (non-hydrogen) atoms. The largest absolute Gasteiger partial charge is 0.507 e. The Balaban J connectivity index is 1.94. The minimum Gasteiger partial charge on any atom is -0.507 e. The van der Waals surface area contributed by atoms with E-state index in [0.717, 1.165) is 0 Å². The highest BCUT2D eigenvalue weighted by Crippen LogP contribution is 2.44. The van der Waals surface area contributed by atoms with E-state index in [9.17, 15) is 14.7 Å². The lowest BCUT2D eigenvalue weighted by Crippen LogP contribution is -2.29. The van der Waals surface area contributed by atoms with E-state index in [1.165, 1.54) is 19.1 Å². The van der Waals surface area contributed by atoms with Crippen LogP contribution in [-0.4, -0.2) is 31.0 Å². The van der Waals surface area contributed by atoms with Crippen LogP contribution in [0.1, 0.15) is 28.7 Å². The molecule has 3 aromatic rings. The predicted molar refractivity (Wildman–Crippen MR) is 119 cm³/mol. The predicted octanol–water partition coefficient (Wildman–Crippen LogP) is 4.10. The topological polar surface area (TPSA) is 113 Å². The summed E-state index contributed by atoms with van der Waals surface area (Å²) in [4.78, 5) is 27.5. The number of ketones is 1. The minimum atomic E-state index is -1.02. The molecule has 1 atom stereocenters. The molecule has 0 saturated carbocycles. The number of aliphatic hydroxyl groups excluding tert-OH is 1. The third-order valence-electron chi connectivity index (χ3n) is 5.41. The smallest absolute Gasteiger partial charge is 0.300 e. The fourth-order valence-corrected chi connectivity index (χ4v) is 3.80. The minimum absolute atomic E-state index is 0.137. The summed E-state index contributed by atoms with van der Waals surface area (Å²) < 4.78 is 16.3. The zero-order valence-corrected chi connectivity index (χ0v) is 18.2. The molecule has 1 N–H and O–H groups in total. The van der Waals surface area contributed by atoms with Crippen LogP contribution in [0.4, 0.5) is 5.69 Å². The van der Waals surface area contributed by atoms with Gasteiger partial charge in [-0.15, -0.1) is 0 Å². The van der Waals surface area contributed by atoms with Gasteiger partial charge in [0.15, 0.2) is 0 Å². The van der Waals surface area contributed by atoms with E-state index in [1.807, 2.05) is 6.07 Å². The molecular formula is C25H20N2O6. The zero-order valence-electron chi connectivity index (χ0n) is 18.2. The van der Waals surface area contributed by atoms with Crippen molar-refractivity contribution in [1.29, 1.82) is 5.26 Å². The second kappa shape index (κ2) is 8.55. The molecular weight excluding hydrogens is 424 g/mol. The number of methoxy groups -OCH3 is 2. The number of carbonyl (C=O) groups is 2. The first kappa shape index (κ1) is 21.7. The number of furan rings is 1. The van der Waals surface area contributed by atoms with Gasteiger partial charge in [-0.1, -0.05) is 0 Å². The van der Waals surface area contributed by atoms with Crippen molar-refractivity contribution in [2.75, 3.05) is 19.1 Å². The van der Waals surface area contributed by atoms with Crippen molar-refractivity contribution in [1.82, 2.24) is 0 Å². The number of aryl methyl sites for hydroxylation is 1. The highest BCUT2D eigenvalue weighted by atomic mass is 16.5. The van der Waals surface area contributed by atoms with Gasteiger partial charge < -0.3 is 19.0 Å². The van der Waals surface area contributed by atoms with E-state index in [2.05, 4.69) is 0 Å². The standard InChI is InChI=1S/C25H20N2O6/c1-14-4-11-19(33-14)22-21(23(28)18-10-9-17(31-2)12-20(18)32-3)24(29)25(30)27(22)16-7-5-15(13-26)6-8-16/h4-12,22,28H,1-3H3/b23-21-. The molecule has 0 radical (unpaired) electrons. The van der Waals surface area contributed by atoms with Gasteiger partial charge in [0.2, 0.25) is 0 Å². The number of amides is 1. The van der Waals surface area contributed by atoms with E-state index in [4.69, 9.17) is 19.2 Å². The molecule has 1 saturated heterocycles. The Labute approximate surface area is 189 Å². The van der Waals surface area contributed by atoms with Crippen LogP contribution in [0.5, 0.6) is 11.5 Å². The highest BCUT2D eigenvalue weighted by Gasteiger charge is 2.48. The maximum Gasteiger partial charge on any atom is 0.300 e. The van der Waals surface area contributed by atoms with E-state index in [0.29, 0.717) is 28.5 Å². The Morgan fingerprint density at radius 1 is 1.06 bits per heavy atom. The Kier molecular flexibility index (Phi) is 5.63. The number of hydrogen-bond acceptors (Lipinski definition) is 7. The number of ether oxygens (including phenoxy) is 2. The first-order valence-corrected chi connectivity index (χ1v) is 9.99. The van der Waals surface area contributed by atoms with Crippen LogP contribution in [0.15, 0.2) is 64.6 Å². The fraction of sp³-hybridized carbons (Fsp3) is 0.160. The lowest BCUT2D eigenvalue weighted by atomic mass is 9.98. The van der Waals surface area contributed by atoms with Crippen molar-refractivity contribution in [2.24, 2.45) is 0 Å². The molecule has 1 amide bonds. The van der Waals surface area contributed by atoms with Gasteiger partial charge in [0, 0.05) is 11.8 Å². The Morgan fingerprint density at radius 3 is 2.36 bits per heavy atom. The normalized spacial score (nSPS) is 17.2. The maximum absolute atomic E-state index is 13.2. The summed E-state index contributed by atoms with van der Waals surface area (Å²) in [7, 11) is 2.92. The number of Topliss-reactive ketones (excluding diaryl/α,β-unsaturated/α-hetero) is 1.